The monoisotopic (exact) mass is 347 g/mol. The summed E-state index contributed by atoms with van der Waals surface area (Å²) in [6, 6.07) is 15.1. The average Bonchev–Trinajstić information content (AvgIpc) is 2.57. The van der Waals surface area contributed by atoms with Gasteiger partial charge in [0, 0.05) is 12.4 Å². The van der Waals surface area contributed by atoms with Crippen LogP contribution in [0.15, 0.2) is 48.5 Å². The molecule has 0 amide bonds. The maximum atomic E-state index is 12.6. The molecule has 24 heavy (non-hydrogen) atoms. The van der Waals surface area contributed by atoms with Gasteiger partial charge in [0.1, 0.15) is 11.5 Å². The first kappa shape index (κ1) is 18.4. The lowest BCUT2D eigenvalue weighted by atomic mass is 10.2. The zero-order valence-electron chi connectivity index (χ0n) is 14.6. The molecular weight excluding hydrogens is 321 g/mol. The van der Waals surface area contributed by atoms with Crippen molar-refractivity contribution in [2.45, 2.75) is 33.1 Å². The Balaban J connectivity index is 1.93. The summed E-state index contributed by atoms with van der Waals surface area (Å²) < 4.78 is 23.9. The predicted molar refractivity (Wildman–Crippen MR) is 100 cm³/mol. The lowest BCUT2D eigenvalue weighted by molar-refractivity contribution is 0.309. The first-order valence-corrected chi connectivity index (χ1v) is 10.5. The summed E-state index contributed by atoms with van der Waals surface area (Å²) in [4.78, 5) is 0. The molecule has 1 N–H and O–H groups in total. The molecule has 5 heteroatoms. The normalized spacial score (nSPS) is 13.1. The molecule has 0 spiro atoms. The van der Waals surface area contributed by atoms with Gasteiger partial charge in [0.2, 0.25) is 0 Å². The quantitative estimate of drug-likeness (QED) is 0.464. The molecule has 0 bridgehead atoms. The Morgan fingerprint density at radius 3 is 2.17 bits per heavy atom. The Hall–Kier alpha value is -1.93. The van der Waals surface area contributed by atoms with Crippen LogP contribution < -0.4 is 14.3 Å². The van der Waals surface area contributed by atoms with Crippen LogP contribution in [0.25, 0.3) is 0 Å². The first-order chi connectivity index (χ1) is 11.5. The van der Waals surface area contributed by atoms with Crippen molar-refractivity contribution < 1.29 is 13.8 Å². The van der Waals surface area contributed by atoms with Crippen molar-refractivity contribution in [3.63, 3.8) is 0 Å². The van der Waals surface area contributed by atoms with Crippen molar-refractivity contribution in [3.8, 4) is 11.5 Å². The van der Waals surface area contributed by atoms with E-state index in [1.54, 1.807) is 6.66 Å². The van der Waals surface area contributed by atoms with Crippen LogP contribution in [-0.2, 0) is 11.0 Å². The van der Waals surface area contributed by atoms with Crippen molar-refractivity contribution in [2.24, 2.45) is 0 Å². The maximum absolute atomic E-state index is 12.6. The van der Waals surface area contributed by atoms with Crippen molar-refractivity contribution in [3.05, 3.63) is 54.1 Å². The number of hydrogen-bond acceptors (Lipinski definition) is 3. The van der Waals surface area contributed by atoms with E-state index in [-0.39, 0.29) is 0 Å². The second-order valence-electron chi connectivity index (χ2n) is 5.77. The molecule has 130 valence electrons. The largest absolute Gasteiger partial charge is 0.494 e. The molecule has 2 aromatic rings. The number of anilines is 1. The molecule has 0 aliphatic heterocycles. The Labute approximate surface area is 144 Å². The number of nitrogens with one attached hydrogen (secondary N) is 1. The molecule has 0 aliphatic carbocycles. The fourth-order valence-electron chi connectivity index (χ4n) is 2.20. The second-order valence-corrected chi connectivity index (χ2v) is 7.87. The standard InChI is InChI=1S/C19H26NO3P/c1-4-6-15-22-18-13-9-17(10-14-18)20-24(3,21)23-19-11-7-16(5-2)8-12-19/h7-14H,4-6,15H2,1-3H3,(H,20,21)/t24-/m1/s1. The van der Waals surface area contributed by atoms with E-state index in [9.17, 15) is 4.57 Å². The van der Waals surface area contributed by atoms with E-state index in [2.05, 4.69) is 18.9 Å². The average molecular weight is 347 g/mol. The minimum absolute atomic E-state index is 0.602. The molecule has 1 atom stereocenters. The van der Waals surface area contributed by atoms with Crippen LogP contribution in [0.4, 0.5) is 5.69 Å². The van der Waals surface area contributed by atoms with E-state index in [0.29, 0.717) is 12.4 Å². The number of unbranched alkanes of at least 4 members (excludes halogenated alkanes) is 1. The van der Waals surface area contributed by atoms with Crippen LogP contribution in [0.1, 0.15) is 32.3 Å². The van der Waals surface area contributed by atoms with E-state index in [1.165, 1.54) is 5.56 Å². The van der Waals surface area contributed by atoms with Crippen molar-refractivity contribution in [1.29, 1.82) is 0 Å². The van der Waals surface area contributed by atoms with Crippen molar-refractivity contribution in [2.75, 3.05) is 18.4 Å². The number of rotatable bonds is 9. The van der Waals surface area contributed by atoms with Gasteiger partial charge in [-0.1, -0.05) is 32.4 Å². The summed E-state index contributed by atoms with van der Waals surface area (Å²) in [5.74, 6) is 1.42. The lowest BCUT2D eigenvalue weighted by Crippen LogP contribution is -2.02. The van der Waals surface area contributed by atoms with Gasteiger partial charge in [-0.2, -0.15) is 0 Å². The highest BCUT2D eigenvalue weighted by Crippen LogP contribution is 2.43. The Bertz CT molecular complexity index is 668. The van der Waals surface area contributed by atoms with Crippen LogP contribution in [0.2, 0.25) is 0 Å². The van der Waals surface area contributed by atoms with Gasteiger partial charge in [-0.25, -0.2) is 0 Å². The van der Waals surface area contributed by atoms with Crippen LogP contribution in [0, 0.1) is 0 Å². The van der Waals surface area contributed by atoms with Crippen LogP contribution in [0.3, 0.4) is 0 Å². The third-order valence-electron chi connectivity index (χ3n) is 3.56. The number of aryl methyl sites for hydroxylation is 1. The third-order valence-corrected chi connectivity index (χ3v) is 4.79. The first-order valence-electron chi connectivity index (χ1n) is 8.39. The van der Waals surface area contributed by atoms with E-state index in [1.807, 2.05) is 48.5 Å². The molecule has 0 aromatic heterocycles. The summed E-state index contributed by atoms with van der Waals surface area (Å²) >= 11 is 0. The minimum atomic E-state index is -2.99. The van der Waals surface area contributed by atoms with Gasteiger partial charge in [-0.05, 0) is 54.8 Å². The highest BCUT2D eigenvalue weighted by molar-refractivity contribution is 7.60. The van der Waals surface area contributed by atoms with Gasteiger partial charge in [-0.15, -0.1) is 0 Å². The fourth-order valence-corrected chi connectivity index (χ4v) is 3.39. The highest BCUT2D eigenvalue weighted by atomic mass is 31.2. The summed E-state index contributed by atoms with van der Waals surface area (Å²) in [6.45, 7) is 6.52. The Morgan fingerprint density at radius 2 is 1.58 bits per heavy atom. The molecule has 2 aromatic carbocycles. The van der Waals surface area contributed by atoms with E-state index in [0.717, 1.165) is 30.7 Å². The molecule has 0 saturated heterocycles. The van der Waals surface area contributed by atoms with E-state index in [4.69, 9.17) is 9.26 Å². The highest BCUT2D eigenvalue weighted by Gasteiger charge is 2.17. The van der Waals surface area contributed by atoms with Crippen LogP contribution in [0.5, 0.6) is 11.5 Å². The van der Waals surface area contributed by atoms with Gasteiger partial charge >= 0.3 is 7.52 Å². The fraction of sp³-hybridized carbons (Fsp3) is 0.368. The SMILES string of the molecule is CCCCOc1ccc(N[P@](C)(=O)Oc2ccc(CC)cc2)cc1. The summed E-state index contributed by atoms with van der Waals surface area (Å²) in [6.07, 6.45) is 3.11. The number of hydrogen-bond donors (Lipinski definition) is 1. The molecule has 4 nitrogen and oxygen atoms in total. The smallest absolute Gasteiger partial charge is 0.338 e. The van der Waals surface area contributed by atoms with Crippen molar-refractivity contribution in [1.82, 2.24) is 0 Å². The van der Waals surface area contributed by atoms with Gasteiger partial charge in [0.25, 0.3) is 0 Å². The molecule has 0 fully saturated rings. The molecule has 0 aliphatic rings. The molecule has 0 unspecified atom stereocenters. The summed E-state index contributed by atoms with van der Waals surface area (Å²) in [5, 5.41) is 2.97. The second kappa shape index (κ2) is 8.79. The van der Waals surface area contributed by atoms with Gasteiger partial charge in [-0.3, -0.25) is 4.57 Å². The topological polar surface area (TPSA) is 47.6 Å². The maximum Gasteiger partial charge on any atom is 0.338 e. The third kappa shape index (κ3) is 5.93. The van der Waals surface area contributed by atoms with Gasteiger partial charge < -0.3 is 14.3 Å². The zero-order chi connectivity index (χ0) is 17.4. The predicted octanol–water partition coefficient (Wildman–Crippen LogP) is 5.74. The number of ether oxygens (including phenoxy) is 1. The van der Waals surface area contributed by atoms with Crippen LogP contribution >= 0.6 is 7.52 Å². The minimum Gasteiger partial charge on any atom is -0.494 e. The number of benzene rings is 2. The Kier molecular flexibility index (Phi) is 6.74. The molecule has 2 rings (SSSR count). The van der Waals surface area contributed by atoms with Crippen molar-refractivity contribution >= 4 is 13.2 Å². The molecule has 0 saturated carbocycles. The Morgan fingerprint density at radius 1 is 0.958 bits per heavy atom. The molecular formula is C19H26NO3P. The van der Waals surface area contributed by atoms with E-state index >= 15 is 0 Å². The summed E-state index contributed by atoms with van der Waals surface area (Å²) in [5.41, 5.74) is 1.97. The van der Waals surface area contributed by atoms with Gasteiger partial charge in [0.15, 0.2) is 0 Å². The lowest BCUT2D eigenvalue weighted by Gasteiger charge is -2.18. The zero-order valence-corrected chi connectivity index (χ0v) is 15.5. The summed E-state index contributed by atoms with van der Waals surface area (Å²) in [7, 11) is -2.99. The van der Waals surface area contributed by atoms with Gasteiger partial charge in [0.05, 0.1) is 6.61 Å². The molecule has 0 radical (unpaired) electrons. The van der Waals surface area contributed by atoms with E-state index < -0.39 is 7.52 Å². The molecule has 0 heterocycles. The van der Waals surface area contributed by atoms with Crippen LogP contribution in [-0.4, -0.2) is 13.3 Å².